The second-order valence-electron chi connectivity index (χ2n) is 27.4. The average molecular weight is 1260 g/mol. The molecule has 4 N–H and O–H groups in total. The number of aromatic amines is 2. The maximum absolute atomic E-state index is 14.4. The second kappa shape index (κ2) is 27.6. The third kappa shape index (κ3) is 15.1. The molecule has 4 aromatic carbocycles. The van der Waals surface area contributed by atoms with Crippen molar-refractivity contribution in [3.8, 4) is 11.5 Å². The number of nitrogens with one attached hydrogen (secondary N) is 4. The van der Waals surface area contributed by atoms with E-state index in [0.29, 0.717) is 112 Å². The molecule has 6 aliphatic heterocycles. The highest BCUT2D eigenvalue weighted by Gasteiger charge is 2.43. The number of benzene rings is 4. The summed E-state index contributed by atoms with van der Waals surface area (Å²) in [5, 5.41) is 7.25. The minimum atomic E-state index is -0.450. The van der Waals surface area contributed by atoms with Crippen molar-refractivity contribution in [1.82, 2.24) is 40.2 Å². The van der Waals surface area contributed by atoms with Gasteiger partial charge in [0.25, 0.3) is 11.1 Å². The molecule has 12 rings (SSSR count). The van der Waals surface area contributed by atoms with E-state index in [1.54, 1.807) is 48.5 Å². The fourth-order valence-corrected chi connectivity index (χ4v) is 14.0. The number of nitrogens with zero attached hydrogens (tertiary/aromatic N) is 6. The van der Waals surface area contributed by atoms with E-state index >= 15 is 0 Å². The molecule has 92 heavy (non-hydrogen) atoms. The Labute approximate surface area is 536 Å². The number of ether oxygens (including phenoxy) is 4. The number of fused-ring (bicyclic) bond motifs is 2. The molecule has 8 heterocycles. The van der Waals surface area contributed by atoms with E-state index in [2.05, 4.69) is 54.0 Å². The largest absolute Gasteiger partial charge is 0.491 e. The van der Waals surface area contributed by atoms with Gasteiger partial charge in [0.05, 0.1) is 37.7 Å². The summed E-state index contributed by atoms with van der Waals surface area (Å²) in [7, 11) is 0. The van der Waals surface area contributed by atoms with Gasteiger partial charge in [-0.2, -0.15) is 0 Å². The summed E-state index contributed by atoms with van der Waals surface area (Å²) < 4.78 is 52.2. The van der Waals surface area contributed by atoms with Gasteiger partial charge in [0.15, 0.2) is 5.78 Å². The summed E-state index contributed by atoms with van der Waals surface area (Å²) in [5.41, 5.74) is 5.36. The quantitative estimate of drug-likeness (QED) is 0.0661. The molecule has 6 aromatic rings. The number of piperazine rings is 2. The predicted molar refractivity (Wildman–Crippen MR) is 349 cm³/mol. The van der Waals surface area contributed by atoms with Crippen molar-refractivity contribution < 1.29 is 42.1 Å². The van der Waals surface area contributed by atoms with Crippen molar-refractivity contribution in [1.29, 1.82) is 0 Å². The Morgan fingerprint density at radius 2 is 0.946 bits per heavy atom. The fourth-order valence-electron chi connectivity index (χ4n) is 14.0. The number of hydrogen-bond acceptors (Lipinski definition) is 15. The first-order valence-electron chi connectivity index (χ1n) is 32.4. The van der Waals surface area contributed by atoms with Gasteiger partial charge < -0.3 is 49.3 Å². The van der Waals surface area contributed by atoms with E-state index in [4.69, 9.17) is 18.9 Å². The summed E-state index contributed by atoms with van der Waals surface area (Å²) >= 11 is 0. The number of aromatic nitrogens is 2. The molecule has 4 fully saturated rings. The van der Waals surface area contributed by atoms with E-state index < -0.39 is 10.8 Å². The Morgan fingerprint density at radius 1 is 0.554 bits per heavy atom. The SMILES string of the molecule is C[C@@H]1CN(CC(=O)N2CC(C)(C)c3[nH]c(=O)c(Cc4ccc(F)cc4)cc32)[C@@H](CN2CCO[C@H](COc3ccc(C(=O)c4ccc(OC[C@@H]5CN(C[C@H]6CN[C@H](C)CN6CC(=O)N6CC(C)(C)c7[nH]c(=O)c(Cc8ccc(F)cc8)cc76)CCO5)cc4)cc3)C2)CN1. The number of rotatable bonds is 20. The van der Waals surface area contributed by atoms with Gasteiger partial charge in [-0.3, -0.25) is 43.6 Å². The molecule has 2 aromatic heterocycles. The van der Waals surface area contributed by atoms with Gasteiger partial charge in [-0.05, 0) is 110 Å². The van der Waals surface area contributed by atoms with Crippen molar-refractivity contribution in [3.63, 3.8) is 0 Å². The summed E-state index contributed by atoms with van der Waals surface area (Å²) in [6, 6.07) is 30.8. The van der Waals surface area contributed by atoms with Gasteiger partial charge in [0.2, 0.25) is 11.8 Å². The summed E-state index contributed by atoms with van der Waals surface area (Å²) in [6.07, 6.45) is 0.273. The molecule has 0 spiro atoms. The Hall–Kier alpha value is -7.47. The Morgan fingerprint density at radius 3 is 1.34 bits per heavy atom. The number of amides is 2. The van der Waals surface area contributed by atoms with Crippen molar-refractivity contribution >= 4 is 29.0 Å². The van der Waals surface area contributed by atoms with Gasteiger partial charge in [0.1, 0.15) is 48.6 Å². The van der Waals surface area contributed by atoms with Crippen LogP contribution in [0.1, 0.15) is 91.1 Å². The minimum Gasteiger partial charge on any atom is -0.491 e. The van der Waals surface area contributed by atoms with Crippen molar-refractivity contribution in [2.24, 2.45) is 0 Å². The van der Waals surface area contributed by atoms with Crippen LogP contribution in [0.4, 0.5) is 20.2 Å². The van der Waals surface area contributed by atoms with Gasteiger partial charge in [-0.15, -0.1) is 0 Å². The van der Waals surface area contributed by atoms with Crippen LogP contribution in [0.2, 0.25) is 0 Å². The van der Waals surface area contributed by atoms with Crippen molar-refractivity contribution in [2.75, 3.05) is 128 Å². The number of anilines is 2. The van der Waals surface area contributed by atoms with E-state index in [9.17, 15) is 32.8 Å². The second-order valence-corrected chi connectivity index (χ2v) is 27.4. The lowest BCUT2D eigenvalue weighted by Gasteiger charge is -2.43. The molecule has 0 aliphatic carbocycles. The lowest BCUT2D eigenvalue weighted by atomic mass is 9.91. The highest BCUT2D eigenvalue weighted by Crippen LogP contribution is 2.41. The van der Waals surface area contributed by atoms with E-state index in [1.807, 2.05) is 73.9 Å². The fraction of sp³-hybridized carbons (Fsp3) is 0.479. The molecule has 0 radical (unpaired) electrons. The van der Waals surface area contributed by atoms with Crippen LogP contribution >= 0.6 is 0 Å². The Kier molecular flexibility index (Phi) is 19.4. The van der Waals surface area contributed by atoms with E-state index in [0.717, 1.165) is 73.2 Å². The lowest BCUT2D eigenvalue weighted by molar-refractivity contribution is -0.121. The topological polar surface area (TPSA) is 197 Å². The molecular weight excluding hydrogens is 1170 g/mol. The third-order valence-corrected chi connectivity index (χ3v) is 19.1. The molecule has 4 saturated heterocycles. The van der Waals surface area contributed by atoms with Crippen molar-refractivity contribution in [2.45, 2.75) is 102 Å². The highest BCUT2D eigenvalue weighted by molar-refractivity contribution is 6.09. The number of hydrogen-bond donors (Lipinski definition) is 4. The zero-order valence-electron chi connectivity index (χ0n) is 53.6. The highest BCUT2D eigenvalue weighted by atomic mass is 19.1. The van der Waals surface area contributed by atoms with Gasteiger partial charge in [-0.1, -0.05) is 52.0 Å². The maximum atomic E-state index is 14.4. The van der Waals surface area contributed by atoms with Crippen LogP contribution in [0, 0.1) is 11.6 Å². The molecule has 6 aliphatic rings. The Bertz CT molecular complexity index is 3490. The normalized spacial score (nSPS) is 23.5. The van der Waals surface area contributed by atoms with Gasteiger partial charge >= 0.3 is 0 Å². The monoisotopic (exact) mass is 1260 g/mol. The van der Waals surface area contributed by atoms with Crippen LogP contribution < -0.4 is 41.0 Å². The van der Waals surface area contributed by atoms with Crippen LogP contribution in [-0.4, -0.2) is 202 Å². The van der Waals surface area contributed by atoms with Crippen molar-refractivity contribution in [3.05, 3.63) is 186 Å². The smallest absolute Gasteiger partial charge is 0.251 e. The number of H-pyrrole nitrogens is 2. The lowest BCUT2D eigenvalue weighted by Crippen LogP contribution is -2.61. The zero-order valence-corrected chi connectivity index (χ0v) is 53.6. The molecule has 488 valence electrons. The summed E-state index contributed by atoms with van der Waals surface area (Å²) in [4.78, 5) is 88.2. The molecule has 0 saturated carbocycles. The first-order valence-corrected chi connectivity index (χ1v) is 32.4. The summed E-state index contributed by atoms with van der Waals surface area (Å²) in [6.45, 7) is 22.7. The number of morpholine rings is 2. The number of carbonyl (C=O) groups excluding carboxylic acids is 3. The first-order chi connectivity index (χ1) is 44.2. The Balaban J connectivity index is 0.590. The van der Waals surface area contributed by atoms with Crippen LogP contribution in [0.5, 0.6) is 11.5 Å². The summed E-state index contributed by atoms with van der Waals surface area (Å²) in [5.74, 6) is 0.416. The van der Waals surface area contributed by atoms with Crippen LogP contribution in [-0.2, 0) is 42.7 Å². The van der Waals surface area contributed by atoms with E-state index in [-0.39, 0.29) is 89.8 Å². The average Bonchev–Trinajstić information content (AvgIpc) is 1.61. The van der Waals surface area contributed by atoms with Gasteiger partial charge in [-0.25, -0.2) is 8.78 Å². The molecule has 0 unspecified atom stereocenters. The van der Waals surface area contributed by atoms with Crippen LogP contribution in [0.25, 0.3) is 0 Å². The standard InChI is InChI=1S/C71H86F2N10O9/c1-45-33-80(39-63(84)82-43-70(3,4)66-61(82)29-51(68(87)76-66)27-47-7-15-53(72)16-8-47)55(31-74-45)35-78-23-25-89-59(37-78)41-91-57-19-11-49(12-20-57)65(86)50-13-21-58(22-14-50)92-42-60-38-79(24-26-90-60)36-56-32-75-46(2)34-81(56)40-64(85)83-44-71(5,6)67-62(83)30-52(69(88)77-67)28-48-9-17-54(73)18-10-48/h7-22,29-30,45-46,55-56,59-60,74-75H,23-28,31-44H2,1-6H3,(H,76,87)(H,77,88)/t45-,46-,55-,56-,59+,60+/m1/s1. The number of ketones is 1. The molecule has 19 nitrogen and oxygen atoms in total. The van der Waals surface area contributed by atoms with E-state index in [1.165, 1.54) is 24.3 Å². The molecule has 0 bridgehead atoms. The van der Waals surface area contributed by atoms with Gasteiger partial charge in [0, 0.05) is 160 Å². The molecule has 2 amide bonds. The number of pyridine rings is 2. The number of halogens is 2. The maximum Gasteiger partial charge on any atom is 0.251 e. The molecule has 21 heteroatoms. The zero-order chi connectivity index (χ0) is 64.4. The molecular formula is C71H86F2N10O9. The first kappa shape index (κ1) is 64.6. The number of carbonyl (C=O) groups is 3. The minimum absolute atomic E-state index is 0.0222. The van der Waals surface area contributed by atoms with Crippen LogP contribution in [0.3, 0.4) is 0 Å². The predicted octanol–water partition coefficient (Wildman–Crippen LogP) is 5.89. The van der Waals surface area contributed by atoms with Crippen LogP contribution in [0.15, 0.2) is 119 Å². The molecule has 6 atom stereocenters. The third-order valence-electron chi connectivity index (χ3n) is 19.1.